The maximum atomic E-state index is 13.5. The highest BCUT2D eigenvalue weighted by Gasteiger charge is 2.16. The van der Waals surface area contributed by atoms with Crippen LogP contribution in [0, 0.1) is 6.92 Å². The number of hydrogen-bond acceptors (Lipinski definition) is 8. The number of amides is 1. The number of thiol groups is 1. The van der Waals surface area contributed by atoms with Gasteiger partial charge in [0, 0.05) is 25.9 Å². The minimum atomic E-state index is -0.619. The molecule has 4 N–H and O–H groups in total. The van der Waals surface area contributed by atoms with E-state index in [4.69, 9.17) is 16.5 Å². The molecule has 220 valence electrons. The first-order valence-electron chi connectivity index (χ1n) is 13.4. The van der Waals surface area contributed by atoms with Crippen LogP contribution in [0.5, 0.6) is 0 Å². The van der Waals surface area contributed by atoms with Crippen LogP contribution in [-0.4, -0.2) is 45.9 Å². The maximum Gasteiger partial charge on any atom is 0.266 e. The van der Waals surface area contributed by atoms with E-state index >= 15 is 0 Å². The van der Waals surface area contributed by atoms with Gasteiger partial charge in [0.2, 0.25) is 0 Å². The number of rotatable bonds is 5. The number of carbonyl (C=O) groups excluding carboxylic acids is 1. The van der Waals surface area contributed by atoms with E-state index in [1.165, 1.54) is 4.52 Å². The maximum absolute atomic E-state index is 13.5. The van der Waals surface area contributed by atoms with Crippen LogP contribution in [0.2, 0.25) is 0 Å². The number of anilines is 1. The van der Waals surface area contributed by atoms with Crippen LogP contribution in [0.4, 0.5) is 5.82 Å². The summed E-state index contributed by atoms with van der Waals surface area (Å²) in [7, 11) is 1.97. The summed E-state index contributed by atoms with van der Waals surface area (Å²) in [5.41, 5.74) is 14.5. The zero-order valence-electron chi connectivity index (χ0n) is 24.3. The second kappa shape index (κ2) is 13.6. The quantitative estimate of drug-likeness (QED) is 0.254. The fraction of sp³-hybridized carbons (Fsp3) is 0.161. The normalized spacial score (nSPS) is 10.8. The first kappa shape index (κ1) is 30.7. The number of fused-ring (bicyclic) bond motifs is 2. The third kappa shape index (κ3) is 6.33. The summed E-state index contributed by atoms with van der Waals surface area (Å²) in [5, 5.41) is 4.49. The summed E-state index contributed by atoms with van der Waals surface area (Å²) in [6.45, 7) is 3.98. The molecule has 4 heterocycles. The summed E-state index contributed by atoms with van der Waals surface area (Å²) in [4.78, 5) is 37.5. The van der Waals surface area contributed by atoms with Gasteiger partial charge in [-0.25, -0.2) is 19.5 Å². The standard InChI is InChI=1S/C23H22N4O.C7H7N5O.CH4S/c1-4-21-25-20-12-8-9-17(13-14-19-15-24-16(2)26(19)3)22(20)23(28)27(21)18-10-6-5-7-11-18;8-5-4(6(9)13)7-10-2-1-3-12(7)11-5;1-2/h5-15H,4H2,1-3H3;1-3H,(H2,8,11)(H2,9,13);2H,1H3/b14-13+;;. The fourth-order valence-electron chi connectivity index (χ4n) is 4.51. The van der Waals surface area contributed by atoms with Gasteiger partial charge in [-0.05, 0) is 49.1 Å². The molecular formula is C31H33N9O2S. The third-order valence-corrected chi connectivity index (χ3v) is 6.69. The number of carbonyl (C=O) groups is 1. The molecule has 6 rings (SSSR count). The Kier molecular flexibility index (Phi) is 9.73. The van der Waals surface area contributed by atoms with Gasteiger partial charge < -0.3 is 16.0 Å². The average Bonchev–Trinajstić information content (AvgIpc) is 3.54. The molecule has 0 bridgehead atoms. The predicted octanol–water partition coefficient (Wildman–Crippen LogP) is 4.12. The highest BCUT2D eigenvalue weighted by molar-refractivity contribution is 7.79. The molecule has 0 aliphatic heterocycles. The summed E-state index contributed by atoms with van der Waals surface area (Å²) < 4.78 is 5.14. The largest absolute Gasteiger partial charge is 0.381 e. The van der Waals surface area contributed by atoms with E-state index in [9.17, 15) is 9.59 Å². The zero-order valence-corrected chi connectivity index (χ0v) is 25.2. The van der Waals surface area contributed by atoms with E-state index in [1.807, 2.05) is 92.3 Å². The van der Waals surface area contributed by atoms with Crippen molar-refractivity contribution < 1.29 is 4.79 Å². The molecule has 0 radical (unpaired) electrons. The zero-order chi connectivity index (χ0) is 31.1. The van der Waals surface area contributed by atoms with Crippen molar-refractivity contribution >= 4 is 53.1 Å². The van der Waals surface area contributed by atoms with E-state index in [1.54, 1.807) is 29.3 Å². The van der Waals surface area contributed by atoms with Crippen LogP contribution in [-0.2, 0) is 13.5 Å². The fourth-order valence-corrected chi connectivity index (χ4v) is 4.51. The Labute approximate surface area is 253 Å². The third-order valence-electron chi connectivity index (χ3n) is 6.69. The summed E-state index contributed by atoms with van der Waals surface area (Å²) in [5.74, 6) is 1.18. The molecule has 0 spiro atoms. The van der Waals surface area contributed by atoms with Gasteiger partial charge in [0.1, 0.15) is 17.2 Å². The minimum absolute atomic E-state index is 0.0468. The molecule has 0 saturated carbocycles. The molecule has 0 aliphatic rings. The number of nitrogens with zero attached hydrogens (tertiary/aromatic N) is 7. The van der Waals surface area contributed by atoms with Crippen molar-refractivity contribution in [3.05, 3.63) is 112 Å². The SMILES string of the molecule is CCc1nc2cccc(/C=C/c3cnc(C)n3C)c2c(=O)n1-c1ccccc1.CS.NC(=O)c1c(N)nn2cccnc12. The van der Waals surface area contributed by atoms with Crippen LogP contribution in [0.3, 0.4) is 0 Å². The molecule has 0 aliphatic carbocycles. The number of benzene rings is 2. The molecule has 0 fully saturated rings. The van der Waals surface area contributed by atoms with Crippen molar-refractivity contribution in [3.63, 3.8) is 0 Å². The smallest absolute Gasteiger partial charge is 0.266 e. The molecule has 0 unspecified atom stereocenters. The van der Waals surface area contributed by atoms with E-state index in [0.717, 1.165) is 34.1 Å². The average molecular weight is 596 g/mol. The lowest BCUT2D eigenvalue weighted by atomic mass is 10.1. The molecule has 0 atom stereocenters. The van der Waals surface area contributed by atoms with Gasteiger partial charge in [-0.15, -0.1) is 5.10 Å². The second-order valence-corrected chi connectivity index (χ2v) is 9.23. The Balaban J connectivity index is 0.000000235. The van der Waals surface area contributed by atoms with Gasteiger partial charge in [0.15, 0.2) is 11.5 Å². The molecule has 0 saturated heterocycles. The summed E-state index contributed by atoms with van der Waals surface area (Å²) in [6, 6.07) is 17.2. The van der Waals surface area contributed by atoms with Gasteiger partial charge in [0.05, 0.1) is 28.5 Å². The van der Waals surface area contributed by atoms with Crippen molar-refractivity contribution in [2.45, 2.75) is 20.3 Å². The molecule has 1 amide bonds. The monoisotopic (exact) mass is 595 g/mol. The van der Waals surface area contributed by atoms with Crippen molar-refractivity contribution in [3.8, 4) is 5.69 Å². The lowest BCUT2D eigenvalue weighted by Gasteiger charge is -2.13. The minimum Gasteiger partial charge on any atom is -0.381 e. The van der Waals surface area contributed by atoms with Crippen molar-refractivity contribution in [1.82, 2.24) is 33.7 Å². The summed E-state index contributed by atoms with van der Waals surface area (Å²) in [6.07, 6.45) is 11.3. The van der Waals surface area contributed by atoms with Crippen LogP contribution >= 0.6 is 12.6 Å². The lowest BCUT2D eigenvalue weighted by molar-refractivity contribution is 0.100. The van der Waals surface area contributed by atoms with E-state index in [0.29, 0.717) is 17.5 Å². The Hall–Kier alpha value is -5.23. The van der Waals surface area contributed by atoms with Crippen molar-refractivity contribution in [2.24, 2.45) is 12.8 Å². The van der Waals surface area contributed by atoms with Crippen LogP contribution in [0.1, 0.15) is 40.2 Å². The number of nitrogen functional groups attached to an aromatic ring is 1. The number of hydrogen-bond donors (Lipinski definition) is 3. The van der Waals surface area contributed by atoms with Gasteiger partial charge >= 0.3 is 0 Å². The first-order valence-corrected chi connectivity index (χ1v) is 14.3. The van der Waals surface area contributed by atoms with Crippen LogP contribution < -0.4 is 17.0 Å². The van der Waals surface area contributed by atoms with Crippen LogP contribution in [0.15, 0.2) is 78.0 Å². The first-order chi connectivity index (χ1) is 20.8. The molecule has 2 aromatic carbocycles. The Morgan fingerprint density at radius 1 is 1.02 bits per heavy atom. The number of aromatic nitrogens is 7. The second-order valence-electron chi connectivity index (χ2n) is 9.23. The van der Waals surface area contributed by atoms with Gasteiger partial charge in [-0.2, -0.15) is 12.6 Å². The van der Waals surface area contributed by atoms with Crippen molar-refractivity contribution in [1.29, 1.82) is 0 Å². The number of primary amides is 1. The molecule has 4 aromatic heterocycles. The molecule has 12 heteroatoms. The Morgan fingerprint density at radius 3 is 2.42 bits per heavy atom. The van der Waals surface area contributed by atoms with Gasteiger partial charge in [0.25, 0.3) is 11.5 Å². The highest BCUT2D eigenvalue weighted by Crippen LogP contribution is 2.19. The highest BCUT2D eigenvalue weighted by atomic mass is 32.1. The van der Waals surface area contributed by atoms with Gasteiger partial charge in [-0.1, -0.05) is 43.3 Å². The van der Waals surface area contributed by atoms with Gasteiger partial charge in [-0.3, -0.25) is 14.2 Å². The number of aryl methyl sites for hydroxylation is 2. The number of para-hydroxylation sites is 1. The molecule has 43 heavy (non-hydrogen) atoms. The van der Waals surface area contributed by atoms with E-state index in [2.05, 4.69) is 27.7 Å². The number of imidazole rings is 1. The lowest BCUT2D eigenvalue weighted by Crippen LogP contribution is -2.24. The molecule has 6 aromatic rings. The Morgan fingerprint density at radius 2 is 1.77 bits per heavy atom. The van der Waals surface area contributed by atoms with E-state index in [-0.39, 0.29) is 16.9 Å². The molecule has 11 nitrogen and oxygen atoms in total. The predicted molar refractivity (Wildman–Crippen MR) is 174 cm³/mol. The van der Waals surface area contributed by atoms with Crippen LogP contribution in [0.25, 0.3) is 34.4 Å². The van der Waals surface area contributed by atoms with Crippen molar-refractivity contribution in [2.75, 3.05) is 12.0 Å². The van der Waals surface area contributed by atoms with E-state index < -0.39 is 5.91 Å². The number of nitrogens with two attached hydrogens (primary N) is 2. The Bertz CT molecular complexity index is 1970. The molecular weight excluding hydrogens is 562 g/mol. The summed E-state index contributed by atoms with van der Waals surface area (Å²) >= 11 is 3.53. The topological polar surface area (TPSA) is 152 Å².